The van der Waals surface area contributed by atoms with Gasteiger partial charge < -0.3 is 9.94 Å². The molecule has 0 spiro atoms. The van der Waals surface area contributed by atoms with Gasteiger partial charge in [-0.25, -0.2) is 0 Å². The number of hydrogen-bond acceptors (Lipinski definition) is 2. The molecule has 0 N–H and O–H groups in total. The van der Waals surface area contributed by atoms with Crippen molar-refractivity contribution in [1.29, 1.82) is 0 Å². The van der Waals surface area contributed by atoms with E-state index in [4.69, 9.17) is 16.3 Å². The second-order valence-corrected chi connectivity index (χ2v) is 3.27. The molecule has 0 unspecified atom stereocenters. The lowest BCUT2D eigenvalue weighted by Crippen LogP contribution is -2.23. The summed E-state index contributed by atoms with van der Waals surface area (Å²) in [6.07, 6.45) is 2.87. The molecule has 4 heteroatoms. The SMILES string of the molecule is COc1ccc2cc[n+]([O-])cc2c1Cl. The number of benzene rings is 1. The number of fused-ring (bicyclic) bond motifs is 1. The molecule has 0 aliphatic carbocycles. The summed E-state index contributed by atoms with van der Waals surface area (Å²) in [6, 6.07) is 5.35. The van der Waals surface area contributed by atoms with Gasteiger partial charge in [-0.1, -0.05) is 17.7 Å². The molecule has 2 aromatic rings. The zero-order valence-corrected chi connectivity index (χ0v) is 8.28. The third-order valence-corrected chi connectivity index (χ3v) is 2.45. The Morgan fingerprint density at radius 2 is 2.14 bits per heavy atom. The van der Waals surface area contributed by atoms with E-state index in [0.717, 1.165) is 5.39 Å². The fourth-order valence-corrected chi connectivity index (χ4v) is 1.64. The molecule has 0 radical (unpaired) electrons. The first-order chi connectivity index (χ1) is 6.72. The fourth-order valence-electron chi connectivity index (χ4n) is 1.35. The molecule has 0 saturated carbocycles. The van der Waals surface area contributed by atoms with E-state index >= 15 is 0 Å². The zero-order valence-electron chi connectivity index (χ0n) is 7.53. The quantitative estimate of drug-likeness (QED) is 0.533. The van der Waals surface area contributed by atoms with Gasteiger partial charge in [-0.15, -0.1) is 0 Å². The summed E-state index contributed by atoms with van der Waals surface area (Å²) >= 11 is 6.04. The van der Waals surface area contributed by atoms with E-state index in [1.165, 1.54) is 12.4 Å². The summed E-state index contributed by atoms with van der Waals surface area (Å²) in [7, 11) is 1.54. The van der Waals surface area contributed by atoms with Crippen molar-refractivity contribution in [3.8, 4) is 5.75 Å². The number of hydrogen-bond donors (Lipinski definition) is 0. The number of methoxy groups -OCH3 is 1. The van der Waals surface area contributed by atoms with E-state index in [1.54, 1.807) is 19.2 Å². The summed E-state index contributed by atoms with van der Waals surface area (Å²) in [5, 5.41) is 13.1. The summed E-state index contributed by atoms with van der Waals surface area (Å²) in [5.74, 6) is 0.574. The minimum absolute atomic E-state index is 0.468. The Kier molecular flexibility index (Phi) is 2.17. The van der Waals surface area contributed by atoms with Crippen LogP contribution in [-0.2, 0) is 0 Å². The molecule has 2 rings (SSSR count). The van der Waals surface area contributed by atoms with Gasteiger partial charge in [0.1, 0.15) is 5.75 Å². The van der Waals surface area contributed by atoms with Crippen LogP contribution in [0.15, 0.2) is 30.6 Å². The minimum atomic E-state index is 0.468. The van der Waals surface area contributed by atoms with Crippen LogP contribution >= 0.6 is 11.6 Å². The maximum absolute atomic E-state index is 11.1. The normalized spacial score (nSPS) is 10.4. The van der Waals surface area contributed by atoms with Crippen molar-refractivity contribution >= 4 is 22.4 Å². The molecule has 3 nitrogen and oxygen atoms in total. The Morgan fingerprint density at radius 1 is 1.36 bits per heavy atom. The van der Waals surface area contributed by atoms with E-state index < -0.39 is 0 Å². The first-order valence-electron chi connectivity index (χ1n) is 4.07. The maximum atomic E-state index is 11.1. The molecule has 1 aromatic carbocycles. The van der Waals surface area contributed by atoms with Gasteiger partial charge in [0.05, 0.1) is 17.5 Å². The average Bonchev–Trinajstić information content (AvgIpc) is 2.20. The van der Waals surface area contributed by atoms with Crippen molar-refractivity contribution in [3.05, 3.63) is 40.8 Å². The Balaban J connectivity index is 2.79. The smallest absolute Gasteiger partial charge is 0.189 e. The van der Waals surface area contributed by atoms with Gasteiger partial charge in [-0.3, -0.25) is 0 Å². The van der Waals surface area contributed by atoms with Crippen LogP contribution in [0.2, 0.25) is 5.02 Å². The molecule has 0 amide bonds. The van der Waals surface area contributed by atoms with Gasteiger partial charge in [-0.2, -0.15) is 4.73 Å². The van der Waals surface area contributed by atoms with Gasteiger partial charge in [0.15, 0.2) is 12.4 Å². The average molecular weight is 210 g/mol. The lowest BCUT2D eigenvalue weighted by Gasteiger charge is -2.05. The first-order valence-corrected chi connectivity index (χ1v) is 4.45. The molecule has 14 heavy (non-hydrogen) atoms. The van der Waals surface area contributed by atoms with E-state index in [9.17, 15) is 5.21 Å². The zero-order chi connectivity index (χ0) is 10.1. The second kappa shape index (κ2) is 3.35. The van der Waals surface area contributed by atoms with Crippen molar-refractivity contribution in [2.45, 2.75) is 0 Å². The van der Waals surface area contributed by atoms with E-state index in [1.807, 2.05) is 6.07 Å². The van der Waals surface area contributed by atoms with Crippen molar-refractivity contribution in [2.75, 3.05) is 7.11 Å². The Bertz CT molecular complexity index is 485. The summed E-state index contributed by atoms with van der Waals surface area (Å²) in [4.78, 5) is 0. The van der Waals surface area contributed by atoms with E-state index in [-0.39, 0.29) is 0 Å². The van der Waals surface area contributed by atoms with Crippen LogP contribution in [-0.4, -0.2) is 7.11 Å². The third-order valence-electron chi connectivity index (χ3n) is 2.06. The highest BCUT2D eigenvalue weighted by Crippen LogP contribution is 2.31. The number of rotatable bonds is 1. The van der Waals surface area contributed by atoms with Crippen molar-refractivity contribution in [2.24, 2.45) is 0 Å². The number of halogens is 1. The molecule has 0 fully saturated rings. The third kappa shape index (κ3) is 1.36. The lowest BCUT2D eigenvalue weighted by molar-refractivity contribution is -0.603. The topological polar surface area (TPSA) is 36.2 Å². The number of ether oxygens (including phenoxy) is 1. The van der Waals surface area contributed by atoms with Gasteiger partial charge >= 0.3 is 0 Å². The fraction of sp³-hybridized carbons (Fsp3) is 0.100. The van der Waals surface area contributed by atoms with Crippen LogP contribution in [0.1, 0.15) is 0 Å². The highest BCUT2D eigenvalue weighted by Gasteiger charge is 2.07. The predicted molar refractivity (Wildman–Crippen MR) is 54.5 cm³/mol. The largest absolute Gasteiger partial charge is 0.619 e. The molecule has 1 heterocycles. The summed E-state index contributed by atoms with van der Waals surface area (Å²) in [6.45, 7) is 0. The summed E-state index contributed by atoms with van der Waals surface area (Å²) < 4.78 is 5.77. The molecule has 0 aliphatic heterocycles. The Hall–Kier alpha value is -1.48. The minimum Gasteiger partial charge on any atom is -0.619 e. The Morgan fingerprint density at radius 3 is 2.86 bits per heavy atom. The standard InChI is InChI=1S/C10H8ClNO2/c1-14-9-3-2-7-4-5-12(13)6-8(7)10(9)11/h2-6H,1H3. The number of aromatic nitrogens is 1. The van der Waals surface area contributed by atoms with Crippen LogP contribution in [0, 0.1) is 5.21 Å². The Labute approximate surface area is 86.1 Å². The molecule has 0 aliphatic rings. The van der Waals surface area contributed by atoms with Crippen molar-refractivity contribution < 1.29 is 9.47 Å². The molecular weight excluding hydrogens is 202 g/mol. The lowest BCUT2D eigenvalue weighted by atomic mass is 10.2. The molecule has 1 aromatic heterocycles. The molecule has 0 bridgehead atoms. The molecule has 72 valence electrons. The van der Waals surface area contributed by atoms with Crippen molar-refractivity contribution in [3.63, 3.8) is 0 Å². The summed E-state index contributed by atoms with van der Waals surface area (Å²) in [5.41, 5.74) is 0. The first kappa shape index (κ1) is 9.09. The van der Waals surface area contributed by atoms with Crippen molar-refractivity contribution in [1.82, 2.24) is 0 Å². The van der Waals surface area contributed by atoms with Crippen LogP contribution in [0.4, 0.5) is 0 Å². The van der Waals surface area contributed by atoms with Gasteiger partial charge in [0, 0.05) is 6.07 Å². The van der Waals surface area contributed by atoms with Gasteiger partial charge in [-0.05, 0) is 11.5 Å². The second-order valence-electron chi connectivity index (χ2n) is 2.89. The highest BCUT2D eigenvalue weighted by molar-refractivity contribution is 6.36. The molecule has 0 atom stereocenters. The van der Waals surface area contributed by atoms with Crippen LogP contribution in [0.5, 0.6) is 5.75 Å². The number of pyridine rings is 1. The monoisotopic (exact) mass is 209 g/mol. The predicted octanol–water partition coefficient (Wildman–Crippen LogP) is 2.14. The van der Waals surface area contributed by atoms with Gasteiger partial charge in [0.2, 0.25) is 0 Å². The maximum Gasteiger partial charge on any atom is 0.189 e. The van der Waals surface area contributed by atoms with Gasteiger partial charge in [0.25, 0.3) is 0 Å². The highest BCUT2D eigenvalue weighted by atomic mass is 35.5. The van der Waals surface area contributed by atoms with Crippen LogP contribution in [0.25, 0.3) is 10.8 Å². The molecule has 0 saturated heterocycles. The van der Waals surface area contributed by atoms with E-state index in [0.29, 0.717) is 20.9 Å². The van der Waals surface area contributed by atoms with Crippen LogP contribution in [0.3, 0.4) is 0 Å². The number of nitrogens with zero attached hydrogens (tertiary/aromatic N) is 1. The molecular formula is C10H8ClNO2. The van der Waals surface area contributed by atoms with Crippen LogP contribution < -0.4 is 9.47 Å². The van der Waals surface area contributed by atoms with E-state index in [2.05, 4.69) is 0 Å².